The molecule has 26 heteroatoms. The number of hydrogen-bond donors (Lipinski definition) is 12. The molecular formula is C38H68F3N11O10S2. The van der Waals surface area contributed by atoms with Crippen molar-refractivity contribution in [3.63, 3.8) is 0 Å². The van der Waals surface area contributed by atoms with Crippen LogP contribution in [0.25, 0.3) is 0 Å². The quantitative estimate of drug-likeness (QED) is 0.0239. The predicted molar refractivity (Wildman–Crippen MR) is 237 cm³/mol. The van der Waals surface area contributed by atoms with E-state index in [-0.39, 0.29) is 68.8 Å². The van der Waals surface area contributed by atoms with E-state index < -0.39 is 96.5 Å². The van der Waals surface area contributed by atoms with Gasteiger partial charge in [0, 0.05) is 6.54 Å². The lowest BCUT2D eigenvalue weighted by atomic mass is 10.0. The van der Waals surface area contributed by atoms with Crippen LogP contribution in [0.2, 0.25) is 0 Å². The molecule has 0 aromatic rings. The van der Waals surface area contributed by atoms with E-state index in [9.17, 15) is 51.8 Å². The number of alkyl halides is 3. The number of nitrogens with zero attached hydrogens (tertiary/aromatic N) is 1. The van der Waals surface area contributed by atoms with Gasteiger partial charge in [0.25, 0.3) is 0 Å². The molecule has 1 saturated heterocycles. The maximum absolute atomic E-state index is 13.8. The van der Waals surface area contributed by atoms with Crippen molar-refractivity contribution >= 4 is 76.8 Å². The third kappa shape index (κ3) is 25.1. The first kappa shape index (κ1) is 59.4. The highest BCUT2D eigenvalue weighted by molar-refractivity contribution is 7.98. The van der Waals surface area contributed by atoms with Gasteiger partial charge in [0.05, 0.1) is 12.6 Å². The van der Waals surface area contributed by atoms with Gasteiger partial charge in [0.1, 0.15) is 36.3 Å². The lowest BCUT2D eigenvalue weighted by Crippen LogP contribution is -2.60. The number of aliphatic hydroxyl groups excluding tert-OH is 1. The average molecular weight is 960 g/mol. The molecule has 0 radical (unpaired) electrons. The van der Waals surface area contributed by atoms with Crippen LogP contribution in [0, 0.1) is 11.8 Å². The molecule has 1 fully saturated rings. The molecule has 0 bridgehead atoms. The van der Waals surface area contributed by atoms with Crippen LogP contribution >= 0.6 is 23.5 Å². The van der Waals surface area contributed by atoms with Gasteiger partial charge in [-0.2, -0.15) is 36.7 Å². The molecule has 1 rings (SSSR count). The SMILES string of the molecule is CSCC[C@H](NC(=O)[C@@H]1CCCN1)C(=O)N[C@@H](CO)C(=O)N[C@@H](CCSC)C(=O)N[C@@H](CC(C)C)C(=O)N[C@@H](CCCN=C(N)N)C(=O)N[C@@H](CC(C)C)C(N)=O.O=C(O)C(F)(F)F. The molecule has 0 aliphatic carbocycles. The lowest BCUT2D eigenvalue weighted by molar-refractivity contribution is -0.192. The van der Waals surface area contributed by atoms with Crippen LogP contribution in [0.15, 0.2) is 4.99 Å². The number of thioether (sulfide) groups is 2. The van der Waals surface area contributed by atoms with Crippen LogP contribution in [0.5, 0.6) is 0 Å². The van der Waals surface area contributed by atoms with E-state index in [1.165, 1.54) is 23.5 Å². The van der Waals surface area contributed by atoms with E-state index in [1.807, 2.05) is 40.2 Å². The molecule has 7 amide bonds. The second kappa shape index (κ2) is 31.3. The Labute approximate surface area is 380 Å². The molecule has 64 heavy (non-hydrogen) atoms. The Morgan fingerprint density at radius 3 is 1.50 bits per heavy atom. The fraction of sp³-hybridized carbons (Fsp3) is 0.763. The molecule has 21 nitrogen and oxygen atoms in total. The molecule has 0 spiro atoms. The van der Waals surface area contributed by atoms with Crippen LogP contribution in [-0.2, 0) is 38.4 Å². The number of hydrogen-bond acceptors (Lipinski definition) is 13. The fourth-order valence-electron chi connectivity index (χ4n) is 5.94. The summed E-state index contributed by atoms with van der Waals surface area (Å²) in [4.78, 5) is 106. The van der Waals surface area contributed by atoms with Crippen molar-refractivity contribution in [2.45, 2.75) is 128 Å². The first-order valence-corrected chi connectivity index (χ1v) is 23.5. The predicted octanol–water partition coefficient (Wildman–Crippen LogP) is -1.59. The van der Waals surface area contributed by atoms with Crippen molar-refractivity contribution in [2.24, 2.45) is 34.0 Å². The van der Waals surface area contributed by atoms with E-state index in [2.05, 4.69) is 42.2 Å². The topological polar surface area (TPSA) is 352 Å². The molecule has 1 aliphatic heterocycles. The fourth-order valence-corrected chi connectivity index (χ4v) is 6.88. The van der Waals surface area contributed by atoms with Crippen molar-refractivity contribution in [3.8, 4) is 0 Å². The van der Waals surface area contributed by atoms with Crippen molar-refractivity contribution in [2.75, 3.05) is 43.7 Å². The maximum atomic E-state index is 13.8. The summed E-state index contributed by atoms with van der Waals surface area (Å²) in [6.45, 7) is 7.48. The van der Waals surface area contributed by atoms with Crippen LogP contribution in [-0.4, -0.2) is 156 Å². The number of carboxylic acid groups (broad SMARTS) is 1. The van der Waals surface area contributed by atoms with Gasteiger partial charge in [-0.15, -0.1) is 0 Å². The van der Waals surface area contributed by atoms with E-state index in [0.29, 0.717) is 24.5 Å². The van der Waals surface area contributed by atoms with Gasteiger partial charge in [-0.05, 0) is 93.8 Å². The third-order valence-electron chi connectivity index (χ3n) is 9.21. The van der Waals surface area contributed by atoms with Crippen LogP contribution < -0.4 is 54.4 Å². The largest absolute Gasteiger partial charge is 0.490 e. The van der Waals surface area contributed by atoms with Crippen molar-refractivity contribution in [1.82, 2.24) is 37.2 Å². The summed E-state index contributed by atoms with van der Waals surface area (Å²) < 4.78 is 31.7. The smallest absolute Gasteiger partial charge is 0.475 e. The molecular weight excluding hydrogens is 892 g/mol. The highest BCUT2D eigenvalue weighted by Gasteiger charge is 2.38. The number of carbonyl (C=O) groups is 8. The molecule has 0 aromatic carbocycles. The van der Waals surface area contributed by atoms with Crippen LogP contribution in [0.3, 0.4) is 0 Å². The summed E-state index contributed by atoms with van der Waals surface area (Å²) >= 11 is 2.90. The summed E-state index contributed by atoms with van der Waals surface area (Å²) in [6.07, 6.45) is 1.29. The van der Waals surface area contributed by atoms with Crippen molar-refractivity contribution in [3.05, 3.63) is 0 Å². The molecule has 0 aromatic heterocycles. The third-order valence-corrected chi connectivity index (χ3v) is 10.5. The summed E-state index contributed by atoms with van der Waals surface area (Å²) in [6, 6.07) is -7.29. The number of amides is 7. The number of aliphatic hydroxyl groups is 1. The Bertz CT molecular complexity index is 1550. The number of halogens is 3. The highest BCUT2D eigenvalue weighted by Crippen LogP contribution is 2.14. The molecule has 368 valence electrons. The Kier molecular flexibility index (Phi) is 29.1. The number of nitrogens with one attached hydrogen (secondary N) is 7. The van der Waals surface area contributed by atoms with Gasteiger partial charge in [-0.25, -0.2) is 4.79 Å². The molecule has 1 heterocycles. The number of guanidine groups is 1. The van der Waals surface area contributed by atoms with Crippen LogP contribution in [0.1, 0.15) is 79.1 Å². The number of rotatable bonds is 28. The average Bonchev–Trinajstić information content (AvgIpc) is 3.75. The first-order chi connectivity index (χ1) is 29.9. The minimum atomic E-state index is -5.08. The Balaban J connectivity index is 0.00000520. The van der Waals surface area contributed by atoms with E-state index >= 15 is 0 Å². The first-order valence-electron chi connectivity index (χ1n) is 20.7. The van der Waals surface area contributed by atoms with Gasteiger partial charge >= 0.3 is 12.1 Å². The Morgan fingerprint density at radius 2 is 1.09 bits per heavy atom. The van der Waals surface area contributed by atoms with Gasteiger partial charge in [0.2, 0.25) is 41.4 Å². The zero-order chi connectivity index (χ0) is 49.2. The zero-order valence-electron chi connectivity index (χ0n) is 37.2. The normalized spacial score (nSPS) is 16.3. The van der Waals surface area contributed by atoms with Gasteiger partial charge < -0.3 is 64.6 Å². The van der Waals surface area contributed by atoms with Crippen LogP contribution in [0.4, 0.5) is 13.2 Å². The summed E-state index contributed by atoms with van der Waals surface area (Å²) in [5.74, 6) is -6.58. The summed E-state index contributed by atoms with van der Waals surface area (Å²) in [7, 11) is 0. The summed E-state index contributed by atoms with van der Waals surface area (Å²) in [5.41, 5.74) is 16.4. The zero-order valence-corrected chi connectivity index (χ0v) is 38.8. The lowest BCUT2D eigenvalue weighted by Gasteiger charge is -2.28. The second-order valence-corrected chi connectivity index (χ2v) is 17.6. The number of primary amides is 1. The van der Waals surface area contributed by atoms with Crippen molar-refractivity contribution < 1.29 is 61.7 Å². The van der Waals surface area contributed by atoms with E-state index in [0.717, 1.165) is 6.42 Å². The Morgan fingerprint density at radius 1 is 0.688 bits per heavy atom. The number of carbonyl (C=O) groups excluding carboxylic acids is 7. The molecule has 1 aliphatic rings. The van der Waals surface area contributed by atoms with Crippen molar-refractivity contribution in [1.29, 1.82) is 0 Å². The van der Waals surface area contributed by atoms with Gasteiger partial charge in [-0.1, -0.05) is 27.7 Å². The molecule has 0 unspecified atom stereocenters. The number of nitrogens with two attached hydrogens (primary N) is 3. The summed E-state index contributed by atoms with van der Waals surface area (Å²) in [5, 5.41) is 36.3. The van der Waals surface area contributed by atoms with Gasteiger partial charge in [0.15, 0.2) is 5.96 Å². The number of aliphatic imine (C=N–C) groups is 1. The minimum Gasteiger partial charge on any atom is -0.475 e. The highest BCUT2D eigenvalue weighted by atomic mass is 32.2. The molecule has 15 N–H and O–H groups in total. The molecule has 7 atom stereocenters. The number of carboxylic acids is 1. The number of aliphatic carboxylic acids is 1. The maximum Gasteiger partial charge on any atom is 0.490 e. The Hall–Kier alpha value is -4.56. The van der Waals surface area contributed by atoms with Gasteiger partial charge in [-0.3, -0.25) is 38.6 Å². The second-order valence-electron chi connectivity index (χ2n) is 15.7. The standard InChI is InChI=1S/C36H67N11O8S2.C2HF3O2/c1-20(2)17-26(29(37)49)45-31(51)23(10-8-14-41-36(38)39)42-34(54)27(18-21(3)4)46-32(52)24(11-15-56-5)44-35(55)28(19-48)47-33(53)25(12-16-57-6)43-30(50)22-9-7-13-40-22;3-2(4,5)1(6)7/h20-28,40,48H,7-19H2,1-6H3,(H2,37,49)(H,42,54)(H,43,50)(H,44,55)(H,45,51)(H,46,52)(H,47,53)(H4,38,39,41);(H,6,7)/t22-,23-,24-,25-,26-,27-,28-;/m0./s1. The van der Waals surface area contributed by atoms with E-state index in [1.54, 1.807) is 0 Å². The van der Waals surface area contributed by atoms with E-state index in [4.69, 9.17) is 27.1 Å². The molecule has 0 saturated carbocycles. The minimum absolute atomic E-state index is 0.0282. The monoisotopic (exact) mass is 959 g/mol.